The van der Waals surface area contributed by atoms with E-state index in [2.05, 4.69) is 24.5 Å². The molecule has 3 N–H and O–H groups in total. The van der Waals surface area contributed by atoms with Crippen LogP contribution in [0.1, 0.15) is 49.9 Å². The van der Waals surface area contributed by atoms with Crippen molar-refractivity contribution in [1.82, 2.24) is 19.6 Å². The number of carbonyl (C=O) groups is 3. The molecule has 11 nitrogen and oxygen atoms in total. The first-order valence-corrected chi connectivity index (χ1v) is 8.24. The number of hydrogen-bond acceptors (Lipinski definition) is 9. The van der Waals surface area contributed by atoms with Crippen LogP contribution in [0.25, 0.3) is 5.78 Å². The second-order valence-corrected chi connectivity index (χ2v) is 5.70. The molecular formula is C18H19N5O6. The van der Waals surface area contributed by atoms with Gasteiger partial charge >= 0.3 is 17.9 Å². The minimum absolute atomic E-state index is 0.00769. The average Bonchev–Trinajstić information content (AvgIpc) is 3.21. The van der Waals surface area contributed by atoms with Gasteiger partial charge in [-0.25, -0.2) is 19.4 Å². The summed E-state index contributed by atoms with van der Waals surface area (Å²) in [6, 6.07) is 8.16. The predicted molar refractivity (Wildman–Crippen MR) is 99.5 cm³/mol. The van der Waals surface area contributed by atoms with Crippen molar-refractivity contribution in [2.45, 2.75) is 13.0 Å². The Bertz CT molecular complexity index is 1030. The van der Waals surface area contributed by atoms with E-state index in [0.29, 0.717) is 5.56 Å². The zero-order valence-electron chi connectivity index (χ0n) is 15.9. The Hall–Kier alpha value is -3.86. The van der Waals surface area contributed by atoms with Gasteiger partial charge in [0.25, 0.3) is 5.78 Å². The van der Waals surface area contributed by atoms with E-state index in [-0.39, 0.29) is 29.2 Å². The largest absolute Gasteiger partial charge is 0.477 e. The first kappa shape index (κ1) is 21.4. The van der Waals surface area contributed by atoms with Gasteiger partial charge in [-0.1, -0.05) is 12.1 Å². The molecule has 0 spiro atoms. The number of methoxy groups -OCH3 is 2. The summed E-state index contributed by atoms with van der Waals surface area (Å²) in [6.07, 6.45) is 1.17. The molecule has 0 aliphatic carbocycles. The Balaban J connectivity index is 0.000000212. The van der Waals surface area contributed by atoms with Gasteiger partial charge in [0.1, 0.15) is 6.33 Å². The predicted octanol–water partition coefficient (Wildman–Crippen LogP) is 1.10. The fourth-order valence-corrected chi connectivity index (χ4v) is 2.21. The highest BCUT2D eigenvalue weighted by Gasteiger charge is 2.17. The Labute approximate surface area is 165 Å². The number of aromatic nitrogens is 4. The molecule has 0 unspecified atom stereocenters. The number of rotatable bonds is 4. The molecule has 2 aromatic heterocycles. The van der Waals surface area contributed by atoms with Crippen molar-refractivity contribution in [3.8, 4) is 0 Å². The maximum Gasteiger partial charge on any atom is 0.356 e. The molecule has 3 rings (SSSR count). The van der Waals surface area contributed by atoms with Crippen molar-refractivity contribution in [3.63, 3.8) is 0 Å². The summed E-state index contributed by atoms with van der Waals surface area (Å²) in [5.41, 5.74) is 6.88. The molecule has 0 saturated heterocycles. The summed E-state index contributed by atoms with van der Waals surface area (Å²) >= 11 is 0. The fraction of sp³-hybridized carbons (Fsp3) is 0.222. The lowest BCUT2D eigenvalue weighted by atomic mass is 10.1. The van der Waals surface area contributed by atoms with Crippen LogP contribution in [-0.2, 0) is 9.47 Å². The number of fused-ring (bicyclic) bond motifs is 1. The number of hydrogen-bond donors (Lipinski definition) is 2. The highest BCUT2D eigenvalue weighted by Crippen LogP contribution is 2.11. The van der Waals surface area contributed by atoms with Gasteiger partial charge < -0.3 is 20.3 Å². The zero-order valence-corrected chi connectivity index (χ0v) is 15.9. The van der Waals surface area contributed by atoms with Crippen molar-refractivity contribution >= 4 is 23.7 Å². The number of aromatic carboxylic acids is 1. The number of carboxylic acid groups (broad SMARTS) is 1. The summed E-state index contributed by atoms with van der Waals surface area (Å²) in [5, 5.41) is 12.5. The summed E-state index contributed by atoms with van der Waals surface area (Å²) in [7, 11) is 2.55. The molecule has 0 fully saturated rings. The second kappa shape index (κ2) is 9.37. The number of esters is 2. The van der Waals surface area contributed by atoms with E-state index >= 15 is 0 Å². The molecule has 3 aromatic rings. The van der Waals surface area contributed by atoms with Crippen molar-refractivity contribution in [3.05, 3.63) is 59.2 Å². The SMILES string of the molecule is COC(=O)c1cc(C(=O)O)nc2ncnn12.COC(=O)c1ccc([C@H](C)N)cc1. The molecule has 0 bridgehead atoms. The van der Waals surface area contributed by atoms with Crippen LogP contribution in [0.2, 0.25) is 0 Å². The van der Waals surface area contributed by atoms with E-state index in [1.165, 1.54) is 20.5 Å². The molecule has 29 heavy (non-hydrogen) atoms. The molecule has 11 heteroatoms. The Kier molecular flexibility index (Phi) is 6.93. The van der Waals surface area contributed by atoms with E-state index in [9.17, 15) is 14.4 Å². The van der Waals surface area contributed by atoms with Crippen LogP contribution >= 0.6 is 0 Å². The molecule has 0 saturated carbocycles. The third-order valence-electron chi connectivity index (χ3n) is 3.72. The lowest BCUT2D eigenvalue weighted by Gasteiger charge is -2.05. The average molecular weight is 401 g/mol. The van der Waals surface area contributed by atoms with Crippen LogP contribution in [0.15, 0.2) is 36.7 Å². The summed E-state index contributed by atoms with van der Waals surface area (Å²) in [4.78, 5) is 40.6. The monoisotopic (exact) mass is 401 g/mol. The van der Waals surface area contributed by atoms with Crippen molar-refractivity contribution in [1.29, 1.82) is 0 Å². The van der Waals surface area contributed by atoms with E-state index in [1.807, 2.05) is 19.1 Å². The lowest BCUT2D eigenvalue weighted by Crippen LogP contribution is -2.13. The Morgan fingerprint density at radius 1 is 1.10 bits per heavy atom. The van der Waals surface area contributed by atoms with Crippen molar-refractivity contribution in [2.75, 3.05) is 14.2 Å². The number of benzene rings is 1. The van der Waals surface area contributed by atoms with Gasteiger partial charge in [0, 0.05) is 12.1 Å². The molecular weight excluding hydrogens is 382 g/mol. The van der Waals surface area contributed by atoms with Gasteiger partial charge in [-0.2, -0.15) is 14.6 Å². The van der Waals surface area contributed by atoms with Crippen LogP contribution in [0.3, 0.4) is 0 Å². The second-order valence-electron chi connectivity index (χ2n) is 5.70. The number of ether oxygens (including phenoxy) is 2. The quantitative estimate of drug-likeness (QED) is 0.606. The van der Waals surface area contributed by atoms with Gasteiger partial charge in [0.2, 0.25) is 0 Å². The van der Waals surface area contributed by atoms with Crippen LogP contribution in [0.4, 0.5) is 0 Å². The molecule has 1 aromatic carbocycles. The van der Waals surface area contributed by atoms with E-state index < -0.39 is 11.9 Å². The van der Waals surface area contributed by atoms with Crippen LogP contribution in [0, 0.1) is 0 Å². The van der Waals surface area contributed by atoms with E-state index in [1.54, 1.807) is 12.1 Å². The van der Waals surface area contributed by atoms with Gasteiger partial charge in [-0.05, 0) is 24.6 Å². The fourth-order valence-electron chi connectivity index (χ4n) is 2.21. The Morgan fingerprint density at radius 2 is 1.72 bits per heavy atom. The smallest absolute Gasteiger partial charge is 0.356 e. The van der Waals surface area contributed by atoms with Gasteiger partial charge in [0.05, 0.1) is 19.8 Å². The maximum atomic E-state index is 11.4. The summed E-state index contributed by atoms with van der Waals surface area (Å²) in [5.74, 6) is -2.26. The number of nitrogens with two attached hydrogens (primary N) is 1. The number of carbonyl (C=O) groups excluding carboxylic acids is 2. The van der Waals surface area contributed by atoms with E-state index in [4.69, 9.17) is 10.8 Å². The van der Waals surface area contributed by atoms with Crippen molar-refractivity contribution < 1.29 is 29.0 Å². The van der Waals surface area contributed by atoms with Gasteiger partial charge in [-0.15, -0.1) is 0 Å². The number of nitrogens with zero attached hydrogens (tertiary/aromatic N) is 4. The topological polar surface area (TPSA) is 159 Å². The molecule has 0 aliphatic heterocycles. The van der Waals surface area contributed by atoms with Gasteiger partial charge in [0.15, 0.2) is 11.4 Å². The van der Waals surface area contributed by atoms with Crippen LogP contribution < -0.4 is 5.73 Å². The first-order chi connectivity index (χ1) is 13.8. The maximum absolute atomic E-state index is 11.4. The minimum atomic E-state index is -1.25. The Morgan fingerprint density at radius 3 is 2.24 bits per heavy atom. The minimum Gasteiger partial charge on any atom is -0.477 e. The summed E-state index contributed by atoms with van der Waals surface area (Å²) < 4.78 is 10.2. The van der Waals surface area contributed by atoms with Crippen molar-refractivity contribution in [2.24, 2.45) is 5.73 Å². The molecule has 2 heterocycles. The highest BCUT2D eigenvalue weighted by molar-refractivity contribution is 5.92. The van der Waals surface area contributed by atoms with Crippen LogP contribution in [-0.4, -0.2) is 56.8 Å². The molecule has 0 radical (unpaired) electrons. The summed E-state index contributed by atoms with van der Waals surface area (Å²) in [6.45, 7) is 1.90. The third kappa shape index (κ3) is 5.11. The highest BCUT2D eigenvalue weighted by atomic mass is 16.5. The molecule has 0 amide bonds. The molecule has 0 aliphatic rings. The number of carboxylic acids is 1. The van der Waals surface area contributed by atoms with Crippen LogP contribution in [0.5, 0.6) is 0 Å². The molecule has 1 atom stereocenters. The first-order valence-electron chi connectivity index (χ1n) is 8.24. The normalized spacial score (nSPS) is 11.2. The lowest BCUT2D eigenvalue weighted by molar-refractivity contribution is 0.0585. The van der Waals surface area contributed by atoms with Gasteiger partial charge in [-0.3, -0.25) is 0 Å². The standard InChI is InChI=1S/C10H13NO2.C8H6N4O4/c1-7(11)8-3-5-9(6-4-8)10(12)13-2;1-16-7(15)5-2-4(6(13)14)11-8-9-3-10-12(5)8/h3-7H,11H2,1-2H3;2-3H,1H3,(H,13,14)/t7-;/m0./s1. The van der Waals surface area contributed by atoms with E-state index in [0.717, 1.165) is 16.1 Å². The third-order valence-corrected chi connectivity index (χ3v) is 3.72. The molecule has 152 valence electrons. The zero-order chi connectivity index (χ0) is 21.6.